The first kappa shape index (κ1) is 21.8. The van der Waals surface area contributed by atoms with Gasteiger partial charge in [-0.1, -0.05) is 61.2 Å². The van der Waals surface area contributed by atoms with Crippen LogP contribution < -0.4 is 10.9 Å². The third-order valence-electron chi connectivity index (χ3n) is 5.43. The minimum atomic E-state index is -0.141. The molecule has 4 aromatic rings. The van der Waals surface area contributed by atoms with Gasteiger partial charge in [0, 0.05) is 5.69 Å². The average Bonchev–Trinajstić information content (AvgIpc) is 2.80. The number of thioether (sulfide) groups is 1. The summed E-state index contributed by atoms with van der Waals surface area (Å²) in [6.07, 6.45) is 0.922. The van der Waals surface area contributed by atoms with Gasteiger partial charge in [-0.05, 0) is 61.2 Å². The van der Waals surface area contributed by atoms with Crippen molar-refractivity contribution in [2.45, 2.75) is 32.3 Å². The Bertz CT molecular complexity index is 1320. The molecule has 0 saturated carbocycles. The molecule has 0 fully saturated rings. The summed E-state index contributed by atoms with van der Waals surface area (Å²) >= 11 is 1.26. The molecule has 0 radical (unpaired) electrons. The molecule has 0 spiro atoms. The van der Waals surface area contributed by atoms with Gasteiger partial charge in [0.25, 0.3) is 5.56 Å². The van der Waals surface area contributed by atoms with E-state index in [0.717, 1.165) is 28.9 Å². The van der Waals surface area contributed by atoms with E-state index in [4.69, 9.17) is 4.98 Å². The molecule has 6 heteroatoms. The summed E-state index contributed by atoms with van der Waals surface area (Å²) in [7, 11) is 0. The van der Waals surface area contributed by atoms with E-state index in [1.54, 1.807) is 10.6 Å². The molecule has 32 heavy (non-hydrogen) atoms. The maximum absolute atomic E-state index is 13.3. The van der Waals surface area contributed by atoms with Crippen LogP contribution in [0.1, 0.15) is 23.6 Å². The minimum Gasteiger partial charge on any atom is -0.325 e. The van der Waals surface area contributed by atoms with Gasteiger partial charge in [-0.25, -0.2) is 4.98 Å². The normalized spacial score (nSPS) is 11.0. The van der Waals surface area contributed by atoms with E-state index in [0.29, 0.717) is 16.1 Å². The Morgan fingerprint density at radius 1 is 0.969 bits per heavy atom. The number of nitrogens with zero attached hydrogens (tertiary/aromatic N) is 2. The predicted molar refractivity (Wildman–Crippen MR) is 132 cm³/mol. The highest BCUT2D eigenvalue weighted by atomic mass is 32.2. The second kappa shape index (κ2) is 9.40. The lowest BCUT2D eigenvalue weighted by atomic mass is 10.1. The Morgan fingerprint density at radius 3 is 2.34 bits per heavy atom. The maximum atomic E-state index is 13.3. The van der Waals surface area contributed by atoms with Crippen LogP contribution in [0.25, 0.3) is 16.6 Å². The number of anilines is 1. The number of carbonyl (C=O) groups is 1. The Labute approximate surface area is 191 Å². The lowest BCUT2D eigenvalue weighted by molar-refractivity contribution is -0.113. The van der Waals surface area contributed by atoms with Gasteiger partial charge >= 0.3 is 0 Å². The van der Waals surface area contributed by atoms with E-state index in [-0.39, 0.29) is 17.2 Å². The molecule has 1 N–H and O–H groups in total. The molecular weight excluding hydrogens is 418 g/mol. The summed E-state index contributed by atoms with van der Waals surface area (Å²) in [5.74, 6) is 0.00804. The van der Waals surface area contributed by atoms with E-state index >= 15 is 0 Å². The molecule has 1 amide bonds. The molecule has 162 valence electrons. The van der Waals surface area contributed by atoms with Crippen LogP contribution in [0.4, 0.5) is 5.69 Å². The molecule has 0 aliphatic heterocycles. The van der Waals surface area contributed by atoms with E-state index in [1.807, 2.05) is 74.5 Å². The minimum absolute atomic E-state index is 0.136. The number of para-hydroxylation sites is 2. The van der Waals surface area contributed by atoms with Gasteiger partial charge in [-0.15, -0.1) is 0 Å². The summed E-state index contributed by atoms with van der Waals surface area (Å²) in [6, 6.07) is 21.1. The Balaban J connectivity index is 1.68. The number of rotatable bonds is 6. The topological polar surface area (TPSA) is 64.0 Å². The Hall–Kier alpha value is -3.38. The van der Waals surface area contributed by atoms with Crippen molar-refractivity contribution in [1.82, 2.24) is 9.55 Å². The summed E-state index contributed by atoms with van der Waals surface area (Å²) in [5.41, 5.74) is 5.27. The molecule has 0 saturated heterocycles. The Kier molecular flexibility index (Phi) is 6.42. The van der Waals surface area contributed by atoms with Crippen molar-refractivity contribution in [2.24, 2.45) is 0 Å². The molecule has 5 nitrogen and oxygen atoms in total. The zero-order valence-corrected chi connectivity index (χ0v) is 19.2. The number of amides is 1. The third kappa shape index (κ3) is 4.46. The lowest BCUT2D eigenvalue weighted by Gasteiger charge is -2.14. The van der Waals surface area contributed by atoms with Crippen LogP contribution in [0.3, 0.4) is 0 Å². The highest BCUT2D eigenvalue weighted by Crippen LogP contribution is 2.23. The number of hydrogen-bond donors (Lipinski definition) is 1. The van der Waals surface area contributed by atoms with Gasteiger partial charge in [0.2, 0.25) is 5.91 Å². The number of carbonyl (C=O) groups excluding carboxylic acids is 1. The molecular formula is C26H25N3O2S. The van der Waals surface area contributed by atoms with Crippen molar-refractivity contribution in [2.75, 3.05) is 11.1 Å². The summed E-state index contributed by atoms with van der Waals surface area (Å²) in [6.45, 7) is 6.03. The largest absolute Gasteiger partial charge is 0.325 e. The van der Waals surface area contributed by atoms with Crippen molar-refractivity contribution in [3.8, 4) is 5.69 Å². The quantitative estimate of drug-likeness (QED) is 0.325. The molecule has 1 heterocycles. The van der Waals surface area contributed by atoms with Crippen LogP contribution in [0, 0.1) is 13.8 Å². The predicted octanol–water partition coefficient (Wildman–Crippen LogP) is 5.30. The second-order valence-electron chi connectivity index (χ2n) is 7.68. The van der Waals surface area contributed by atoms with Crippen molar-refractivity contribution < 1.29 is 4.79 Å². The Morgan fingerprint density at radius 2 is 1.66 bits per heavy atom. The van der Waals surface area contributed by atoms with Crippen molar-refractivity contribution >= 4 is 34.3 Å². The highest BCUT2D eigenvalue weighted by molar-refractivity contribution is 7.99. The SMILES string of the molecule is CCc1ccc(-n2c(SCC(=O)Nc3c(C)cccc3C)nc3ccccc3c2=O)cc1. The van der Waals surface area contributed by atoms with Crippen LogP contribution in [0.5, 0.6) is 0 Å². The lowest BCUT2D eigenvalue weighted by Crippen LogP contribution is -2.23. The summed E-state index contributed by atoms with van der Waals surface area (Å²) in [4.78, 5) is 30.8. The van der Waals surface area contributed by atoms with Gasteiger partial charge in [0.15, 0.2) is 5.16 Å². The molecule has 0 unspecified atom stereocenters. The number of aromatic nitrogens is 2. The number of benzene rings is 3. The molecule has 1 aromatic heterocycles. The van der Waals surface area contributed by atoms with Crippen LogP contribution in [-0.2, 0) is 11.2 Å². The third-order valence-corrected chi connectivity index (χ3v) is 6.36. The molecule has 0 atom stereocenters. The molecule has 0 aliphatic rings. The number of aryl methyl sites for hydroxylation is 3. The number of nitrogens with one attached hydrogen (secondary N) is 1. The summed E-state index contributed by atoms with van der Waals surface area (Å²) in [5, 5.41) is 4.05. The van der Waals surface area contributed by atoms with Gasteiger partial charge in [-0.2, -0.15) is 0 Å². The molecule has 3 aromatic carbocycles. The first-order chi connectivity index (χ1) is 15.5. The molecule has 0 bridgehead atoms. The smallest absolute Gasteiger partial charge is 0.266 e. The van der Waals surface area contributed by atoms with E-state index in [2.05, 4.69) is 12.2 Å². The first-order valence-electron chi connectivity index (χ1n) is 10.6. The van der Waals surface area contributed by atoms with Crippen LogP contribution >= 0.6 is 11.8 Å². The van der Waals surface area contributed by atoms with Gasteiger partial charge in [0.1, 0.15) is 0 Å². The zero-order valence-electron chi connectivity index (χ0n) is 18.4. The standard InChI is InChI=1S/C26H25N3O2S/c1-4-19-12-14-20(15-13-19)29-25(31)21-10-5-6-11-22(21)27-26(29)32-16-23(30)28-24-17(2)8-7-9-18(24)3/h5-15H,4,16H2,1-3H3,(H,28,30). The van der Waals surface area contributed by atoms with E-state index in [1.165, 1.54) is 17.3 Å². The van der Waals surface area contributed by atoms with Crippen LogP contribution in [0.2, 0.25) is 0 Å². The van der Waals surface area contributed by atoms with E-state index in [9.17, 15) is 9.59 Å². The zero-order chi connectivity index (χ0) is 22.7. The van der Waals surface area contributed by atoms with Crippen molar-refractivity contribution in [3.05, 3.63) is 93.8 Å². The number of hydrogen-bond acceptors (Lipinski definition) is 4. The fourth-order valence-corrected chi connectivity index (χ4v) is 4.45. The first-order valence-corrected chi connectivity index (χ1v) is 11.6. The summed E-state index contributed by atoms with van der Waals surface area (Å²) < 4.78 is 1.60. The molecule has 4 rings (SSSR count). The van der Waals surface area contributed by atoms with Gasteiger partial charge < -0.3 is 5.32 Å². The van der Waals surface area contributed by atoms with Crippen molar-refractivity contribution in [1.29, 1.82) is 0 Å². The van der Waals surface area contributed by atoms with E-state index < -0.39 is 0 Å². The number of fused-ring (bicyclic) bond motifs is 1. The fourth-order valence-electron chi connectivity index (χ4n) is 3.63. The second-order valence-corrected chi connectivity index (χ2v) is 8.62. The fraction of sp³-hybridized carbons (Fsp3) is 0.192. The monoisotopic (exact) mass is 443 g/mol. The van der Waals surface area contributed by atoms with Crippen molar-refractivity contribution in [3.63, 3.8) is 0 Å². The average molecular weight is 444 g/mol. The van der Waals surface area contributed by atoms with Crippen LogP contribution in [-0.4, -0.2) is 21.2 Å². The maximum Gasteiger partial charge on any atom is 0.266 e. The van der Waals surface area contributed by atoms with Gasteiger partial charge in [0.05, 0.1) is 22.3 Å². The molecule has 0 aliphatic carbocycles. The highest BCUT2D eigenvalue weighted by Gasteiger charge is 2.15. The van der Waals surface area contributed by atoms with Crippen LogP contribution in [0.15, 0.2) is 76.7 Å². The van der Waals surface area contributed by atoms with Gasteiger partial charge in [-0.3, -0.25) is 14.2 Å².